The van der Waals surface area contributed by atoms with Crippen LogP contribution in [0.4, 0.5) is 0 Å². The van der Waals surface area contributed by atoms with Crippen LogP contribution in [0.25, 0.3) is 0 Å². The molecule has 1 unspecified atom stereocenters. The molecule has 4 heteroatoms. The first-order chi connectivity index (χ1) is 8.11. The van der Waals surface area contributed by atoms with Gasteiger partial charge in [-0.3, -0.25) is 9.69 Å². The average Bonchev–Trinajstić information content (AvgIpc) is 2.36. The molecular formula is C13H18N2O2. The molecule has 0 radical (unpaired) electrons. The molecule has 2 rings (SSSR count). The number of hydrogen-bond acceptors (Lipinski definition) is 3. The van der Waals surface area contributed by atoms with Crippen molar-refractivity contribution in [2.75, 3.05) is 13.7 Å². The second kappa shape index (κ2) is 4.75. The zero-order chi connectivity index (χ0) is 12.4. The van der Waals surface area contributed by atoms with Crippen molar-refractivity contribution in [3.05, 3.63) is 29.3 Å². The molecule has 17 heavy (non-hydrogen) atoms. The molecule has 0 aliphatic carbocycles. The van der Waals surface area contributed by atoms with E-state index in [1.54, 1.807) is 7.11 Å². The molecule has 0 spiro atoms. The number of nitrogens with two attached hydrogens (primary N) is 1. The SMILES string of the molecule is COc1ccc2c(c1)CCN(C(C)C(N)=O)C2. The van der Waals surface area contributed by atoms with E-state index >= 15 is 0 Å². The molecule has 92 valence electrons. The number of benzene rings is 1. The van der Waals surface area contributed by atoms with Crippen LogP contribution >= 0.6 is 0 Å². The normalized spacial score (nSPS) is 17.3. The highest BCUT2D eigenvalue weighted by molar-refractivity contribution is 5.79. The van der Waals surface area contributed by atoms with E-state index in [0.717, 1.165) is 25.3 Å². The summed E-state index contributed by atoms with van der Waals surface area (Å²) in [6, 6.07) is 5.89. The molecule has 0 saturated heterocycles. The number of methoxy groups -OCH3 is 1. The Labute approximate surface area is 101 Å². The van der Waals surface area contributed by atoms with Gasteiger partial charge in [0.05, 0.1) is 13.2 Å². The summed E-state index contributed by atoms with van der Waals surface area (Å²) in [4.78, 5) is 13.3. The Hall–Kier alpha value is -1.55. The summed E-state index contributed by atoms with van der Waals surface area (Å²) in [5, 5.41) is 0. The summed E-state index contributed by atoms with van der Waals surface area (Å²) in [7, 11) is 1.67. The number of hydrogen-bond donors (Lipinski definition) is 1. The summed E-state index contributed by atoms with van der Waals surface area (Å²) in [5.74, 6) is 0.627. The summed E-state index contributed by atoms with van der Waals surface area (Å²) in [5.41, 5.74) is 7.89. The quantitative estimate of drug-likeness (QED) is 0.846. The van der Waals surface area contributed by atoms with Crippen molar-refractivity contribution in [3.8, 4) is 5.75 Å². The first kappa shape index (κ1) is 11.9. The Morgan fingerprint density at radius 1 is 1.47 bits per heavy atom. The number of fused-ring (bicyclic) bond motifs is 1. The third-order valence-electron chi connectivity index (χ3n) is 3.41. The van der Waals surface area contributed by atoms with Crippen molar-refractivity contribution in [2.45, 2.75) is 25.9 Å². The van der Waals surface area contributed by atoms with Crippen LogP contribution in [0.1, 0.15) is 18.1 Å². The van der Waals surface area contributed by atoms with Gasteiger partial charge in [0.1, 0.15) is 5.75 Å². The molecule has 1 atom stereocenters. The lowest BCUT2D eigenvalue weighted by Gasteiger charge is -2.32. The smallest absolute Gasteiger partial charge is 0.234 e. The lowest BCUT2D eigenvalue weighted by Crippen LogP contribution is -2.45. The van der Waals surface area contributed by atoms with Crippen molar-refractivity contribution in [1.29, 1.82) is 0 Å². The van der Waals surface area contributed by atoms with Crippen molar-refractivity contribution in [1.82, 2.24) is 4.90 Å². The summed E-state index contributed by atoms with van der Waals surface area (Å²) in [6.07, 6.45) is 0.935. The van der Waals surface area contributed by atoms with E-state index in [9.17, 15) is 4.79 Å². The number of carbonyl (C=O) groups is 1. The zero-order valence-corrected chi connectivity index (χ0v) is 10.3. The van der Waals surface area contributed by atoms with Crippen molar-refractivity contribution in [3.63, 3.8) is 0 Å². The van der Waals surface area contributed by atoms with Gasteiger partial charge in [0.15, 0.2) is 0 Å². The van der Waals surface area contributed by atoms with Gasteiger partial charge in [0, 0.05) is 13.1 Å². The van der Waals surface area contributed by atoms with Crippen molar-refractivity contribution >= 4 is 5.91 Å². The van der Waals surface area contributed by atoms with Crippen LogP contribution in [-0.2, 0) is 17.8 Å². The first-order valence-electron chi connectivity index (χ1n) is 5.81. The fraction of sp³-hybridized carbons (Fsp3) is 0.462. The molecule has 1 aliphatic rings. The molecule has 1 aromatic rings. The molecule has 4 nitrogen and oxygen atoms in total. The number of amides is 1. The minimum Gasteiger partial charge on any atom is -0.497 e. The molecule has 1 aliphatic heterocycles. The maximum atomic E-state index is 11.2. The molecular weight excluding hydrogens is 216 g/mol. The molecule has 0 fully saturated rings. The van der Waals surface area contributed by atoms with Crippen LogP contribution in [-0.4, -0.2) is 30.5 Å². The van der Waals surface area contributed by atoms with Crippen LogP contribution in [0.5, 0.6) is 5.75 Å². The maximum absolute atomic E-state index is 11.2. The van der Waals surface area contributed by atoms with Gasteiger partial charge in [-0.15, -0.1) is 0 Å². The number of ether oxygens (including phenoxy) is 1. The van der Waals surface area contributed by atoms with Gasteiger partial charge >= 0.3 is 0 Å². The van der Waals surface area contributed by atoms with Crippen LogP contribution in [0.3, 0.4) is 0 Å². The second-order valence-electron chi connectivity index (χ2n) is 4.43. The molecule has 2 N–H and O–H groups in total. The summed E-state index contributed by atoms with van der Waals surface area (Å²) >= 11 is 0. The predicted octanol–water partition coefficient (Wildman–Crippen LogP) is 0.927. The number of rotatable bonds is 3. The summed E-state index contributed by atoms with van der Waals surface area (Å²) < 4.78 is 5.21. The third kappa shape index (κ3) is 2.42. The molecule has 0 bridgehead atoms. The molecule has 0 saturated carbocycles. The topological polar surface area (TPSA) is 55.6 Å². The number of carbonyl (C=O) groups excluding carboxylic acids is 1. The highest BCUT2D eigenvalue weighted by Crippen LogP contribution is 2.24. The number of nitrogens with zero attached hydrogens (tertiary/aromatic N) is 1. The average molecular weight is 234 g/mol. The highest BCUT2D eigenvalue weighted by atomic mass is 16.5. The van der Waals surface area contributed by atoms with Gasteiger partial charge in [0.2, 0.25) is 5.91 Å². The number of primary amides is 1. The minimum atomic E-state index is -0.262. The van der Waals surface area contributed by atoms with E-state index in [0.29, 0.717) is 0 Å². The monoisotopic (exact) mass is 234 g/mol. The van der Waals surface area contributed by atoms with E-state index in [4.69, 9.17) is 10.5 Å². The Morgan fingerprint density at radius 2 is 2.24 bits per heavy atom. The Morgan fingerprint density at radius 3 is 2.88 bits per heavy atom. The van der Waals surface area contributed by atoms with Crippen LogP contribution < -0.4 is 10.5 Å². The molecule has 1 aromatic carbocycles. The van der Waals surface area contributed by atoms with E-state index in [1.807, 2.05) is 13.0 Å². The Kier molecular flexibility index (Phi) is 3.33. The predicted molar refractivity (Wildman–Crippen MR) is 65.8 cm³/mol. The Balaban J connectivity index is 2.17. The lowest BCUT2D eigenvalue weighted by atomic mass is 9.98. The fourth-order valence-electron chi connectivity index (χ4n) is 2.19. The standard InChI is InChI=1S/C13H18N2O2/c1-9(13(14)16)15-6-5-10-7-12(17-2)4-3-11(10)8-15/h3-4,7,9H,5-6,8H2,1-2H3,(H2,14,16). The molecule has 1 heterocycles. The van der Waals surface area contributed by atoms with E-state index < -0.39 is 0 Å². The fourth-order valence-corrected chi connectivity index (χ4v) is 2.19. The van der Waals surface area contributed by atoms with Crippen molar-refractivity contribution < 1.29 is 9.53 Å². The van der Waals surface area contributed by atoms with Gasteiger partial charge in [-0.1, -0.05) is 6.07 Å². The first-order valence-corrected chi connectivity index (χ1v) is 5.81. The van der Waals surface area contributed by atoms with Crippen LogP contribution in [0.2, 0.25) is 0 Å². The van der Waals surface area contributed by atoms with Gasteiger partial charge in [-0.2, -0.15) is 0 Å². The zero-order valence-electron chi connectivity index (χ0n) is 10.3. The van der Waals surface area contributed by atoms with Gasteiger partial charge in [-0.05, 0) is 36.6 Å². The van der Waals surface area contributed by atoms with Gasteiger partial charge < -0.3 is 10.5 Å². The van der Waals surface area contributed by atoms with Crippen molar-refractivity contribution in [2.24, 2.45) is 5.73 Å². The second-order valence-corrected chi connectivity index (χ2v) is 4.43. The van der Waals surface area contributed by atoms with Gasteiger partial charge in [0.25, 0.3) is 0 Å². The molecule has 0 aromatic heterocycles. The van der Waals surface area contributed by atoms with Crippen LogP contribution in [0, 0.1) is 0 Å². The lowest BCUT2D eigenvalue weighted by molar-refractivity contribution is -0.123. The van der Waals surface area contributed by atoms with E-state index in [2.05, 4.69) is 17.0 Å². The van der Waals surface area contributed by atoms with E-state index in [-0.39, 0.29) is 11.9 Å². The highest BCUT2D eigenvalue weighted by Gasteiger charge is 2.23. The van der Waals surface area contributed by atoms with Crippen LogP contribution in [0.15, 0.2) is 18.2 Å². The minimum absolute atomic E-state index is 0.203. The van der Waals surface area contributed by atoms with Gasteiger partial charge in [-0.25, -0.2) is 0 Å². The largest absolute Gasteiger partial charge is 0.497 e. The molecule has 1 amide bonds. The van der Waals surface area contributed by atoms with E-state index in [1.165, 1.54) is 11.1 Å². The maximum Gasteiger partial charge on any atom is 0.234 e. The third-order valence-corrected chi connectivity index (χ3v) is 3.41. The Bertz CT molecular complexity index is 431. The summed E-state index contributed by atoms with van der Waals surface area (Å²) in [6.45, 7) is 3.50.